The SMILES string of the molecule is C=C(C(=C)C(=O)OCCO)C(=O)NC(C(C)C)S(=O)(=O)O. The van der Waals surface area contributed by atoms with E-state index in [1.165, 1.54) is 13.8 Å². The fourth-order valence-corrected chi connectivity index (χ4v) is 2.23. The normalized spacial score (nSPS) is 12.6. The predicted molar refractivity (Wildman–Crippen MR) is 74.6 cm³/mol. The molecule has 0 aromatic rings. The molecular formula is C12H19NO7S. The van der Waals surface area contributed by atoms with Crippen molar-refractivity contribution in [2.75, 3.05) is 13.2 Å². The third kappa shape index (κ3) is 6.06. The summed E-state index contributed by atoms with van der Waals surface area (Å²) < 4.78 is 35.9. The molecule has 0 saturated carbocycles. The van der Waals surface area contributed by atoms with Crippen molar-refractivity contribution in [1.29, 1.82) is 0 Å². The summed E-state index contributed by atoms with van der Waals surface area (Å²) in [6, 6.07) is 0. The average molecular weight is 321 g/mol. The van der Waals surface area contributed by atoms with Gasteiger partial charge in [0.1, 0.15) is 6.61 Å². The van der Waals surface area contributed by atoms with Gasteiger partial charge in [-0.25, -0.2) is 4.79 Å². The van der Waals surface area contributed by atoms with E-state index >= 15 is 0 Å². The highest BCUT2D eigenvalue weighted by Gasteiger charge is 2.30. The van der Waals surface area contributed by atoms with Gasteiger partial charge in [-0.05, 0) is 5.92 Å². The van der Waals surface area contributed by atoms with Gasteiger partial charge in [-0.2, -0.15) is 8.42 Å². The summed E-state index contributed by atoms with van der Waals surface area (Å²) in [5.41, 5.74) is -0.772. The number of aliphatic hydroxyl groups excluding tert-OH is 1. The zero-order valence-corrected chi connectivity index (χ0v) is 12.6. The highest BCUT2D eigenvalue weighted by molar-refractivity contribution is 7.86. The van der Waals surface area contributed by atoms with E-state index in [2.05, 4.69) is 23.2 Å². The Morgan fingerprint density at radius 3 is 2.14 bits per heavy atom. The lowest BCUT2D eigenvalue weighted by molar-refractivity contribution is -0.140. The van der Waals surface area contributed by atoms with Crippen molar-refractivity contribution in [1.82, 2.24) is 5.32 Å². The number of rotatable bonds is 8. The topological polar surface area (TPSA) is 130 Å². The second-order valence-electron chi connectivity index (χ2n) is 4.47. The molecule has 0 saturated heterocycles. The predicted octanol–water partition coefficient (Wildman–Crippen LogP) is -0.380. The zero-order valence-electron chi connectivity index (χ0n) is 11.8. The molecule has 1 atom stereocenters. The second-order valence-corrected chi connectivity index (χ2v) is 6.01. The van der Waals surface area contributed by atoms with Crippen molar-refractivity contribution in [2.24, 2.45) is 5.92 Å². The van der Waals surface area contributed by atoms with Gasteiger partial charge >= 0.3 is 5.97 Å². The Kier molecular flexibility index (Phi) is 7.27. The van der Waals surface area contributed by atoms with E-state index in [9.17, 15) is 18.0 Å². The van der Waals surface area contributed by atoms with Crippen molar-refractivity contribution in [3.05, 3.63) is 24.3 Å². The summed E-state index contributed by atoms with van der Waals surface area (Å²) in [4.78, 5) is 23.2. The lowest BCUT2D eigenvalue weighted by Crippen LogP contribution is -2.44. The maximum absolute atomic E-state index is 11.8. The fraction of sp³-hybridized carbons (Fsp3) is 0.500. The lowest BCUT2D eigenvalue weighted by Gasteiger charge is -2.20. The molecule has 0 aromatic heterocycles. The van der Waals surface area contributed by atoms with Crippen LogP contribution in [0.2, 0.25) is 0 Å². The number of nitrogens with one attached hydrogen (secondary N) is 1. The number of amides is 1. The third-order valence-corrected chi connectivity index (χ3v) is 3.71. The van der Waals surface area contributed by atoms with Gasteiger partial charge in [-0.15, -0.1) is 0 Å². The van der Waals surface area contributed by atoms with Gasteiger partial charge in [0, 0.05) is 5.57 Å². The molecule has 0 aliphatic carbocycles. The Morgan fingerprint density at radius 1 is 1.24 bits per heavy atom. The summed E-state index contributed by atoms with van der Waals surface area (Å²) >= 11 is 0. The molecule has 0 spiro atoms. The van der Waals surface area contributed by atoms with E-state index in [1.807, 2.05) is 0 Å². The maximum Gasteiger partial charge on any atom is 0.338 e. The van der Waals surface area contributed by atoms with Crippen molar-refractivity contribution in [3.8, 4) is 0 Å². The molecule has 3 N–H and O–H groups in total. The zero-order chi connectivity index (χ0) is 16.8. The van der Waals surface area contributed by atoms with Crippen LogP contribution < -0.4 is 5.32 Å². The van der Waals surface area contributed by atoms with Gasteiger partial charge in [-0.3, -0.25) is 9.35 Å². The Morgan fingerprint density at radius 2 is 1.76 bits per heavy atom. The van der Waals surface area contributed by atoms with E-state index < -0.39 is 45.5 Å². The minimum atomic E-state index is -4.50. The highest BCUT2D eigenvalue weighted by atomic mass is 32.2. The minimum absolute atomic E-state index is 0.271. The number of carbonyl (C=O) groups excluding carboxylic acids is 2. The van der Waals surface area contributed by atoms with Crippen LogP contribution in [0.4, 0.5) is 0 Å². The molecule has 1 unspecified atom stereocenters. The van der Waals surface area contributed by atoms with Crippen molar-refractivity contribution in [3.63, 3.8) is 0 Å². The lowest BCUT2D eigenvalue weighted by atomic mass is 10.1. The first kappa shape index (κ1) is 19.3. The Labute approximate surface area is 123 Å². The van der Waals surface area contributed by atoms with Crippen molar-refractivity contribution < 1.29 is 32.4 Å². The number of ether oxygens (including phenoxy) is 1. The van der Waals surface area contributed by atoms with Crippen LogP contribution in [0.1, 0.15) is 13.8 Å². The molecular weight excluding hydrogens is 302 g/mol. The third-order valence-electron chi connectivity index (χ3n) is 2.41. The van der Waals surface area contributed by atoms with Crippen LogP contribution >= 0.6 is 0 Å². The number of hydrogen-bond acceptors (Lipinski definition) is 6. The fourth-order valence-electron chi connectivity index (χ4n) is 1.29. The van der Waals surface area contributed by atoms with Gasteiger partial charge < -0.3 is 15.2 Å². The van der Waals surface area contributed by atoms with Gasteiger partial charge in [0.05, 0.1) is 12.2 Å². The van der Waals surface area contributed by atoms with Gasteiger partial charge in [0.15, 0.2) is 5.37 Å². The molecule has 21 heavy (non-hydrogen) atoms. The van der Waals surface area contributed by atoms with Crippen molar-refractivity contribution in [2.45, 2.75) is 19.2 Å². The molecule has 8 nitrogen and oxygen atoms in total. The number of aliphatic hydroxyl groups is 1. The molecule has 9 heteroatoms. The first-order valence-corrected chi connectivity index (χ1v) is 7.46. The Bertz CT molecular complexity index is 536. The van der Waals surface area contributed by atoms with Crippen LogP contribution in [0.5, 0.6) is 0 Å². The summed E-state index contributed by atoms with van der Waals surface area (Å²) in [7, 11) is -4.50. The monoisotopic (exact) mass is 321 g/mol. The number of carbonyl (C=O) groups is 2. The Balaban J connectivity index is 4.90. The molecule has 0 aliphatic heterocycles. The van der Waals surface area contributed by atoms with E-state index in [-0.39, 0.29) is 12.2 Å². The summed E-state index contributed by atoms with van der Waals surface area (Å²) in [5, 5.41) is 9.03. The van der Waals surface area contributed by atoms with Crippen LogP contribution in [-0.4, -0.2) is 48.5 Å². The molecule has 0 aliphatic rings. The molecule has 0 heterocycles. The van der Waals surface area contributed by atoms with E-state index in [0.29, 0.717) is 0 Å². The standard InChI is InChI=1S/C12H19NO7S/c1-7(2)11(21(17,18)19)13-10(15)8(3)9(4)12(16)20-6-5-14/h7,11,14H,3-6H2,1-2H3,(H,13,15)(H,17,18,19). The molecule has 1 amide bonds. The molecule has 0 radical (unpaired) electrons. The maximum atomic E-state index is 11.8. The van der Waals surface area contributed by atoms with Crippen LogP contribution in [0.25, 0.3) is 0 Å². The van der Waals surface area contributed by atoms with Gasteiger partial charge in [0.25, 0.3) is 16.0 Å². The molecule has 0 aromatic carbocycles. The summed E-state index contributed by atoms with van der Waals surface area (Å²) in [6.07, 6.45) is 0. The quantitative estimate of drug-likeness (QED) is 0.240. The van der Waals surface area contributed by atoms with Crippen LogP contribution in [0, 0.1) is 5.92 Å². The molecule has 0 rings (SSSR count). The molecule has 120 valence electrons. The summed E-state index contributed by atoms with van der Waals surface area (Å²) in [6.45, 7) is 8.93. The minimum Gasteiger partial charge on any atom is -0.460 e. The van der Waals surface area contributed by atoms with Crippen LogP contribution in [-0.2, 0) is 24.4 Å². The van der Waals surface area contributed by atoms with Gasteiger partial charge in [-0.1, -0.05) is 27.0 Å². The van der Waals surface area contributed by atoms with Crippen LogP contribution in [0.15, 0.2) is 24.3 Å². The number of hydrogen-bond donors (Lipinski definition) is 3. The molecule has 0 fully saturated rings. The second kappa shape index (κ2) is 7.91. The van der Waals surface area contributed by atoms with Gasteiger partial charge in [0.2, 0.25) is 0 Å². The summed E-state index contributed by atoms with van der Waals surface area (Å²) in [5.74, 6) is -2.54. The first-order chi connectivity index (χ1) is 9.52. The first-order valence-electron chi connectivity index (χ1n) is 5.95. The van der Waals surface area contributed by atoms with Crippen LogP contribution in [0.3, 0.4) is 0 Å². The highest BCUT2D eigenvalue weighted by Crippen LogP contribution is 2.12. The largest absolute Gasteiger partial charge is 0.460 e. The smallest absolute Gasteiger partial charge is 0.338 e. The number of esters is 1. The average Bonchev–Trinajstić information content (AvgIpc) is 2.38. The van der Waals surface area contributed by atoms with E-state index in [4.69, 9.17) is 9.66 Å². The Hall–Kier alpha value is -1.71. The van der Waals surface area contributed by atoms with E-state index in [1.54, 1.807) is 0 Å². The van der Waals surface area contributed by atoms with Crippen molar-refractivity contribution >= 4 is 22.0 Å². The molecule has 0 bridgehead atoms. The van der Waals surface area contributed by atoms with E-state index in [0.717, 1.165) is 0 Å².